The van der Waals surface area contributed by atoms with E-state index in [1.165, 1.54) is 23.5 Å². The molecule has 1 aliphatic heterocycles. The molecule has 0 amide bonds. The van der Waals surface area contributed by atoms with Gasteiger partial charge in [0.15, 0.2) is 5.78 Å². The maximum absolute atomic E-state index is 12.9. The SMILES string of the molecule is COc1ccc(S(=O)(=O)N2CCCC(C(=O)c3ccccc3)C2)cc1. The number of carbonyl (C=O) groups is 1. The van der Waals surface area contributed by atoms with Crippen LogP contribution in [0, 0.1) is 5.92 Å². The lowest BCUT2D eigenvalue weighted by molar-refractivity contribution is 0.0872. The Morgan fingerprint density at radius 3 is 2.40 bits per heavy atom. The Kier molecular flexibility index (Phi) is 5.20. The van der Waals surface area contributed by atoms with Gasteiger partial charge in [-0.15, -0.1) is 0 Å². The van der Waals surface area contributed by atoms with Crippen LogP contribution in [-0.4, -0.2) is 38.7 Å². The summed E-state index contributed by atoms with van der Waals surface area (Å²) >= 11 is 0. The van der Waals surface area contributed by atoms with E-state index in [-0.39, 0.29) is 23.1 Å². The largest absolute Gasteiger partial charge is 0.497 e. The van der Waals surface area contributed by atoms with E-state index in [1.54, 1.807) is 24.3 Å². The summed E-state index contributed by atoms with van der Waals surface area (Å²) in [7, 11) is -2.07. The number of piperidine rings is 1. The number of Topliss-reactive ketones (excluding diaryl/α,β-unsaturated/α-hetero) is 1. The van der Waals surface area contributed by atoms with Crippen molar-refractivity contribution in [1.29, 1.82) is 0 Å². The molecule has 0 aliphatic carbocycles. The van der Waals surface area contributed by atoms with Crippen LogP contribution in [0.2, 0.25) is 0 Å². The molecule has 0 saturated carbocycles. The summed E-state index contributed by atoms with van der Waals surface area (Å²) in [6.45, 7) is 0.662. The highest BCUT2D eigenvalue weighted by Gasteiger charge is 2.33. The molecule has 2 aromatic carbocycles. The second-order valence-corrected chi connectivity index (χ2v) is 8.05. The van der Waals surface area contributed by atoms with Crippen molar-refractivity contribution in [3.63, 3.8) is 0 Å². The van der Waals surface area contributed by atoms with Gasteiger partial charge >= 0.3 is 0 Å². The molecule has 0 spiro atoms. The second-order valence-electron chi connectivity index (χ2n) is 6.11. The first-order valence-corrected chi connectivity index (χ1v) is 9.70. The molecule has 25 heavy (non-hydrogen) atoms. The van der Waals surface area contributed by atoms with Crippen molar-refractivity contribution in [2.24, 2.45) is 5.92 Å². The normalized spacial score (nSPS) is 18.7. The van der Waals surface area contributed by atoms with E-state index in [9.17, 15) is 13.2 Å². The molecule has 3 rings (SSSR count). The first-order chi connectivity index (χ1) is 12.0. The summed E-state index contributed by atoms with van der Waals surface area (Å²) in [6.07, 6.45) is 1.39. The van der Waals surface area contributed by atoms with Crippen molar-refractivity contribution in [3.8, 4) is 5.75 Å². The van der Waals surface area contributed by atoms with Crippen LogP contribution in [-0.2, 0) is 10.0 Å². The van der Waals surface area contributed by atoms with Crippen LogP contribution in [0.4, 0.5) is 0 Å². The molecule has 6 heteroatoms. The van der Waals surface area contributed by atoms with Gasteiger partial charge in [0.2, 0.25) is 10.0 Å². The molecule has 1 heterocycles. The zero-order valence-corrected chi connectivity index (χ0v) is 14.9. The average Bonchev–Trinajstić information content (AvgIpc) is 2.68. The number of nitrogens with zero attached hydrogens (tertiary/aromatic N) is 1. The van der Waals surface area contributed by atoms with Gasteiger partial charge in [0.05, 0.1) is 12.0 Å². The summed E-state index contributed by atoms with van der Waals surface area (Å²) in [5, 5.41) is 0. The molecule has 0 bridgehead atoms. The minimum Gasteiger partial charge on any atom is -0.497 e. The van der Waals surface area contributed by atoms with E-state index in [0.29, 0.717) is 30.7 Å². The monoisotopic (exact) mass is 359 g/mol. The van der Waals surface area contributed by atoms with Crippen molar-refractivity contribution >= 4 is 15.8 Å². The average molecular weight is 359 g/mol. The van der Waals surface area contributed by atoms with Gasteiger partial charge in [-0.1, -0.05) is 30.3 Å². The predicted molar refractivity (Wildman–Crippen MR) is 95.2 cm³/mol. The lowest BCUT2D eigenvalue weighted by atomic mass is 9.91. The smallest absolute Gasteiger partial charge is 0.243 e. The van der Waals surface area contributed by atoms with E-state index in [1.807, 2.05) is 18.2 Å². The van der Waals surface area contributed by atoms with Crippen LogP contribution in [0.15, 0.2) is 59.5 Å². The van der Waals surface area contributed by atoms with Gasteiger partial charge in [-0.05, 0) is 37.1 Å². The summed E-state index contributed by atoms with van der Waals surface area (Å²) in [5.41, 5.74) is 0.635. The third-order valence-corrected chi connectivity index (χ3v) is 6.39. The molecular weight excluding hydrogens is 338 g/mol. The molecule has 1 unspecified atom stereocenters. The van der Waals surface area contributed by atoms with Crippen LogP contribution < -0.4 is 4.74 Å². The molecule has 1 fully saturated rings. The summed E-state index contributed by atoms with van der Waals surface area (Å²) in [6, 6.07) is 15.4. The summed E-state index contributed by atoms with van der Waals surface area (Å²) < 4.78 is 32.2. The Morgan fingerprint density at radius 1 is 1.08 bits per heavy atom. The van der Waals surface area contributed by atoms with Crippen molar-refractivity contribution in [2.45, 2.75) is 17.7 Å². The molecule has 1 aliphatic rings. The number of hydrogen-bond acceptors (Lipinski definition) is 4. The number of ether oxygens (including phenoxy) is 1. The molecule has 0 N–H and O–H groups in total. The first-order valence-electron chi connectivity index (χ1n) is 8.26. The zero-order valence-electron chi connectivity index (χ0n) is 14.1. The molecule has 0 radical (unpaired) electrons. The summed E-state index contributed by atoms with van der Waals surface area (Å²) in [5.74, 6) is 0.314. The number of methoxy groups -OCH3 is 1. The highest BCUT2D eigenvalue weighted by Crippen LogP contribution is 2.27. The Bertz CT molecular complexity index is 831. The van der Waals surface area contributed by atoms with E-state index in [0.717, 1.165) is 0 Å². The number of ketones is 1. The topological polar surface area (TPSA) is 63.7 Å². The molecular formula is C19H21NO4S. The Balaban J connectivity index is 1.79. The minimum atomic E-state index is -3.61. The molecule has 2 aromatic rings. The maximum atomic E-state index is 12.9. The van der Waals surface area contributed by atoms with Crippen LogP contribution in [0.5, 0.6) is 5.75 Å². The molecule has 5 nitrogen and oxygen atoms in total. The van der Waals surface area contributed by atoms with Crippen LogP contribution in [0.25, 0.3) is 0 Å². The van der Waals surface area contributed by atoms with Crippen molar-refractivity contribution in [2.75, 3.05) is 20.2 Å². The van der Waals surface area contributed by atoms with Gasteiger partial charge in [-0.3, -0.25) is 4.79 Å². The highest BCUT2D eigenvalue weighted by molar-refractivity contribution is 7.89. The third kappa shape index (κ3) is 3.75. The number of carbonyl (C=O) groups excluding carboxylic acids is 1. The third-order valence-electron chi connectivity index (χ3n) is 4.51. The fourth-order valence-electron chi connectivity index (χ4n) is 3.11. The predicted octanol–water partition coefficient (Wildman–Crippen LogP) is 2.98. The van der Waals surface area contributed by atoms with Crippen molar-refractivity contribution < 1.29 is 17.9 Å². The lowest BCUT2D eigenvalue weighted by Gasteiger charge is -2.31. The first kappa shape index (κ1) is 17.6. The summed E-state index contributed by atoms with van der Waals surface area (Å²) in [4.78, 5) is 12.9. The fraction of sp³-hybridized carbons (Fsp3) is 0.316. The number of sulfonamides is 1. The van der Waals surface area contributed by atoms with E-state index in [2.05, 4.69) is 0 Å². The lowest BCUT2D eigenvalue weighted by Crippen LogP contribution is -2.42. The van der Waals surface area contributed by atoms with Gasteiger partial charge in [0, 0.05) is 24.6 Å². The zero-order chi connectivity index (χ0) is 17.9. The Morgan fingerprint density at radius 2 is 1.76 bits per heavy atom. The van der Waals surface area contributed by atoms with E-state index < -0.39 is 10.0 Å². The van der Waals surface area contributed by atoms with Crippen molar-refractivity contribution in [1.82, 2.24) is 4.31 Å². The Labute approximate surface area is 148 Å². The quantitative estimate of drug-likeness (QED) is 0.770. The van der Waals surface area contributed by atoms with E-state index in [4.69, 9.17) is 4.74 Å². The van der Waals surface area contributed by atoms with Crippen molar-refractivity contribution in [3.05, 3.63) is 60.2 Å². The highest BCUT2D eigenvalue weighted by atomic mass is 32.2. The van der Waals surface area contributed by atoms with E-state index >= 15 is 0 Å². The maximum Gasteiger partial charge on any atom is 0.243 e. The van der Waals surface area contributed by atoms with Crippen LogP contribution in [0.3, 0.4) is 0 Å². The van der Waals surface area contributed by atoms with Crippen LogP contribution >= 0.6 is 0 Å². The van der Waals surface area contributed by atoms with Gasteiger partial charge in [0.1, 0.15) is 5.75 Å². The molecule has 0 aromatic heterocycles. The Hall–Kier alpha value is -2.18. The number of rotatable bonds is 5. The fourth-order valence-corrected chi connectivity index (χ4v) is 4.63. The number of hydrogen-bond donors (Lipinski definition) is 0. The van der Waals surface area contributed by atoms with Gasteiger partial charge < -0.3 is 4.74 Å². The van der Waals surface area contributed by atoms with Gasteiger partial charge in [-0.2, -0.15) is 4.31 Å². The van der Waals surface area contributed by atoms with Crippen LogP contribution in [0.1, 0.15) is 23.2 Å². The molecule has 1 atom stereocenters. The second kappa shape index (κ2) is 7.37. The minimum absolute atomic E-state index is 0.00947. The van der Waals surface area contributed by atoms with Gasteiger partial charge in [0.25, 0.3) is 0 Å². The van der Waals surface area contributed by atoms with Gasteiger partial charge in [-0.25, -0.2) is 8.42 Å². The molecule has 1 saturated heterocycles. The molecule has 132 valence electrons. The standard InChI is InChI=1S/C19H21NO4S/c1-24-17-9-11-18(12-10-17)25(22,23)20-13-5-8-16(14-20)19(21)15-6-3-2-4-7-15/h2-4,6-7,9-12,16H,5,8,13-14H2,1H3. The number of benzene rings is 2.